The van der Waals surface area contributed by atoms with Crippen LogP contribution >= 0.6 is 11.6 Å². The highest BCUT2D eigenvalue weighted by Crippen LogP contribution is 2.35. The smallest absolute Gasteiger partial charge is 0.276 e. The predicted octanol–water partition coefficient (Wildman–Crippen LogP) is 6.93. The summed E-state index contributed by atoms with van der Waals surface area (Å²) in [7, 11) is 0. The number of halogens is 1. The SMILES string of the molecule is Cc1c(COc2cc(OCc3cccc(C#N)c3)c(CNCCO)cc2Cl)cccc1-c1cccc(-c2cc(C(=O)N3CCC(CO)CC3)no2)c1. The van der Waals surface area contributed by atoms with Crippen LogP contribution in [0.25, 0.3) is 22.5 Å². The summed E-state index contributed by atoms with van der Waals surface area (Å²) < 4.78 is 18.1. The number of carbonyl (C=O) groups is 1. The monoisotopic (exact) mass is 720 g/mol. The number of hydrogen-bond donors (Lipinski definition) is 3. The van der Waals surface area contributed by atoms with Crippen LogP contribution in [0, 0.1) is 24.2 Å². The molecule has 0 unspecified atom stereocenters. The molecule has 1 saturated heterocycles. The Kier molecular flexibility index (Phi) is 12.2. The lowest BCUT2D eigenvalue weighted by Gasteiger charge is -2.30. The second-order valence-corrected chi connectivity index (χ2v) is 13.3. The fraction of sp³-hybridized carbons (Fsp3) is 0.293. The Morgan fingerprint density at radius 1 is 0.962 bits per heavy atom. The molecule has 6 rings (SSSR count). The number of amides is 1. The molecule has 1 fully saturated rings. The predicted molar refractivity (Wildman–Crippen MR) is 198 cm³/mol. The normalized spacial score (nSPS) is 13.2. The minimum Gasteiger partial charge on any atom is -0.488 e. The average Bonchev–Trinajstić information content (AvgIpc) is 3.68. The molecule has 3 N–H and O–H groups in total. The number of nitrogens with one attached hydrogen (secondary N) is 1. The van der Waals surface area contributed by atoms with Gasteiger partial charge in [0.2, 0.25) is 0 Å². The van der Waals surface area contributed by atoms with Crippen molar-refractivity contribution in [2.75, 3.05) is 32.8 Å². The summed E-state index contributed by atoms with van der Waals surface area (Å²) >= 11 is 6.72. The molecule has 0 aliphatic carbocycles. The van der Waals surface area contributed by atoms with E-state index in [4.69, 9.17) is 25.6 Å². The third kappa shape index (κ3) is 8.81. The summed E-state index contributed by atoms with van der Waals surface area (Å²) in [6.45, 7) is 4.75. The number of carbonyl (C=O) groups excluding carboxylic acids is 1. The minimum absolute atomic E-state index is 0.00319. The molecule has 268 valence electrons. The first-order chi connectivity index (χ1) is 25.4. The van der Waals surface area contributed by atoms with Gasteiger partial charge in [0, 0.05) is 56.0 Å². The fourth-order valence-electron chi connectivity index (χ4n) is 6.29. The maximum Gasteiger partial charge on any atom is 0.276 e. The molecule has 0 radical (unpaired) electrons. The van der Waals surface area contributed by atoms with Gasteiger partial charge in [0.1, 0.15) is 24.7 Å². The highest BCUT2D eigenvalue weighted by molar-refractivity contribution is 6.32. The van der Waals surface area contributed by atoms with Crippen LogP contribution in [0.4, 0.5) is 0 Å². The number of nitriles is 1. The molecule has 1 aliphatic rings. The molecular formula is C41H41ClN4O6. The van der Waals surface area contributed by atoms with Gasteiger partial charge in [-0.05, 0) is 77.8 Å². The highest BCUT2D eigenvalue weighted by atomic mass is 35.5. The number of ether oxygens (including phenoxy) is 2. The zero-order chi connectivity index (χ0) is 36.5. The number of aliphatic hydroxyl groups is 2. The average molecular weight is 721 g/mol. The second-order valence-electron chi connectivity index (χ2n) is 12.8. The Morgan fingerprint density at radius 2 is 1.73 bits per heavy atom. The van der Waals surface area contributed by atoms with E-state index in [1.807, 2.05) is 55.5 Å². The van der Waals surface area contributed by atoms with Crippen molar-refractivity contribution in [3.8, 4) is 40.0 Å². The number of hydrogen-bond acceptors (Lipinski definition) is 9. The highest BCUT2D eigenvalue weighted by Gasteiger charge is 2.26. The Morgan fingerprint density at radius 3 is 2.52 bits per heavy atom. The molecule has 1 amide bonds. The maximum atomic E-state index is 13.1. The fourth-order valence-corrected chi connectivity index (χ4v) is 6.53. The quantitative estimate of drug-likeness (QED) is 0.104. The Bertz CT molecular complexity index is 2050. The first-order valence-electron chi connectivity index (χ1n) is 17.3. The van der Waals surface area contributed by atoms with Crippen LogP contribution in [0.5, 0.6) is 11.5 Å². The standard InChI is InChI=1S/C41H41ClN4O6/c1-27-33(26-51-40-21-38(34(19-36(40)42)23-44-13-16-47)50-25-30-6-2-5-29(17-30)22-43)9-4-10-35(27)31-7-3-8-32(18-31)39-20-37(45-52-39)41(49)46-14-11-28(24-48)12-15-46/h2-10,17-21,28,44,47-48H,11-16,23-26H2,1H3. The molecule has 4 aromatic carbocycles. The molecule has 0 saturated carbocycles. The van der Waals surface area contributed by atoms with Gasteiger partial charge in [-0.3, -0.25) is 4.79 Å². The van der Waals surface area contributed by atoms with E-state index in [1.165, 1.54) is 0 Å². The van der Waals surface area contributed by atoms with Crippen LogP contribution in [0.15, 0.2) is 89.5 Å². The summed E-state index contributed by atoms with van der Waals surface area (Å²) in [4.78, 5) is 14.9. The topological polar surface area (TPSA) is 141 Å². The lowest BCUT2D eigenvalue weighted by Crippen LogP contribution is -2.39. The molecular weight excluding hydrogens is 680 g/mol. The number of likely N-dealkylation sites (tertiary alicyclic amines) is 1. The molecule has 1 aliphatic heterocycles. The van der Waals surface area contributed by atoms with Crippen molar-refractivity contribution < 1.29 is 29.0 Å². The molecule has 10 nitrogen and oxygen atoms in total. The Balaban J connectivity index is 1.17. The van der Waals surface area contributed by atoms with Gasteiger partial charge in [0.15, 0.2) is 11.5 Å². The van der Waals surface area contributed by atoms with E-state index in [2.05, 4.69) is 22.6 Å². The van der Waals surface area contributed by atoms with Crippen LogP contribution in [-0.4, -0.2) is 59.0 Å². The van der Waals surface area contributed by atoms with E-state index in [-0.39, 0.29) is 43.9 Å². The van der Waals surface area contributed by atoms with Crippen molar-refractivity contribution in [2.24, 2.45) is 5.92 Å². The van der Waals surface area contributed by atoms with Gasteiger partial charge in [0.25, 0.3) is 5.91 Å². The zero-order valence-corrected chi connectivity index (χ0v) is 29.7. The first kappa shape index (κ1) is 36.6. The van der Waals surface area contributed by atoms with E-state index in [1.54, 1.807) is 35.2 Å². The number of piperidine rings is 1. The summed E-state index contributed by atoms with van der Waals surface area (Å²) in [5.41, 5.74) is 7.30. The van der Waals surface area contributed by atoms with E-state index in [9.17, 15) is 20.3 Å². The van der Waals surface area contributed by atoms with Crippen LogP contribution in [0.2, 0.25) is 5.02 Å². The summed E-state index contributed by atoms with van der Waals surface area (Å²) in [5, 5.41) is 35.7. The maximum absolute atomic E-state index is 13.1. The molecule has 5 aromatic rings. The van der Waals surface area contributed by atoms with Gasteiger partial charge in [-0.15, -0.1) is 0 Å². The van der Waals surface area contributed by atoms with Gasteiger partial charge >= 0.3 is 0 Å². The minimum atomic E-state index is -0.164. The number of nitrogens with zero attached hydrogens (tertiary/aromatic N) is 3. The molecule has 11 heteroatoms. The second kappa shape index (κ2) is 17.4. The third-order valence-corrected chi connectivity index (χ3v) is 9.64. The largest absolute Gasteiger partial charge is 0.488 e. The van der Waals surface area contributed by atoms with Crippen molar-refractivity contribution in [1.82, 2.24) is 15.4 Å². The van der Waals surface area contributed by atoms with Gasteiger partial charge in [-0.2, -0.15) is 5.26 Å². The number of aromatic nitrogens is 1. The van der Waals surface area contributed by atoms with Crippen LogP contribution in [0.1, 0.15) is 51.1 Å². The lowest BCUT2D eigenvalue weighted by molar-refractivity contribution is 0.0641. The number of rotatable bonds is 14. The van der Waals surface area contributed by atoms with E-state index in [0.29, 0.717) is 54.0 Å². The van der Waals surface area contributed by atoms with Crippen LogP contribution in [-0.2, 0) is 19.8 Å². The molecule has 0 atom stereocenters. The molecule has 1 aromatic heterocycles. The molecule has 0 bridgehead atoms. The third-order valence-electron chi connectivity index (χ3n) is 9.35. The van der Waals surface area contributed by atoms with Crippen molar-refractivity contribution in [3.05, 3.63) is 123 Å². The summed E-state index contributed by atoms with van der Waals surface area (Å²) in [6.07, 6.45) is 1.55. The molecule has 52 heavy (non-hydrogen) atoms. The Labute approximate surface area is 308 Å². The summed E-state index contributed by atoms with van der Waals surface area (Å²) in [6, 6.07) is 28.7. The van der Waals surface area contributed by atoms with Gasteiger partial charge < -0.3 is 34.4 Å². The van der Waals surface area contributed by atoms with Crippen molar-refractivity contribution in [3.63, 3.8) is 0 Å². The number of aliphatic hydroxyl groups excluding tert-OH is 2. The Hall–Kier alpha value is -5.18. The van der Waals surface area contributed by atoms with E-state index < -0.39 is 0 Å². The van der Waals surface area contributed by atoms with Crippen molar-refractivity contribution in [1.29, 1.82) is 5.26 Å². The zero-order valence-electron chi connectivity index (χ0n) is 29.0. The van der Waals surface area contributed by atoms with Gasteiger partial charge in [-0.25, -0.2) is 0 Å². The first-order valence-corrected chi connectivity index (χ1v) is 17.7. The van der Waals surface area contributed by atoms with Crippen LogP contribution in [0.3, 0.4) is 0 Å². The van der Waals surface area contributed by atoms with Crippen molar-refractivity contribution >= 4 is 17.5 Å². The van der Waals surface area contributed by atoms with Crippen LogP contribution < -0.4 is 14.8 Å². The lowest BCUT2D eigenvalue weighted by atomic mass is 9.95. The van der Waals surface area contributed by atoms with Gasteiger partial charge in [0.05, 0.1) is 23.3 Å². The summed E-state index contributed by atoms with van der Waals surface area (Å²) in [5.74, 6) is 1.63. The van der Waals surface area contributed by atoms with Crippen molar-refractivity contribution in [2.45, 2.75) is 39.5 Å². The van der Waals surface area contributed by atoms with E-state index >= 15 is 0 Å². The van der Waals surface area contributed by atoms with E-state index in [0.717, 1.165) is 51.8 Å². The van der Waals surface area contributed by atoms with Gasteiger partial charge in [-0.1, -0.05) is 65.3 Å². The molecule has 0 spiro atoms. The number of benzene rings is 4. The molecule has 2 heterocycles.